The van der Waals surface area contributed by atoms with Crippen LogP contribution in [0.25, 0.3) is 0 Å². The fraction of sp³-hybridized carbons (Fsp3) is 0.533. The average Bonchev–Trinajstić information content (AvgIpc) is 2.89. The van der Waals surface area contributed by atoms with E-state index < -0.39 is 0 Å². The molecule has 0 aliphatic heterocycles. The second-order valence-corrected chi connectivity index (χ2v) is 5.84. The number of hydrogen-bond donors (Lipinski definition) is 0. The van der Waals surface area contributed by atoms with Crippen LogP contribution in [0.1, 0.15) is 37.6 Å². The van der Waals surface area contributed by atoms with Crippen molar-refractivity contribution in [3.63, 3.8) is 0 Å². The van der Waals surface area contributed by atoms with Gasteiger partial charge in [0.1, 0.15) is 5.82 Å². The van der Waals surface area contributed by atoms with Gasteiger partial charge < -0.3 is 0 Å². The highest BCUT2D eigenvalue weighted by Crippen LogP contribution is 2.18. The second-order valence-electron chi connectivity index (χ2n) is 5.43. The largest absolute Gasteiger partial charge is 0.299 e. The number of tetrazole rings is 1. The minimum atomic E-state index is -0.346. The Balaban J connectivity index is 2.00. The molecule has 2 aromatic rings. The molecule has 1 aromatic heterocycles. The Morgan fingerprint density at radius 1 is 1.32 bits per heavy atom. The molecule has 1 aromatic carbocycles. The molecule has 0 saturated heterocycles. The van der Waals surface area contributed by atoms with Crippen molar-refractivity contribution in [2.24, 2.45) is 0 Å². The van der Waals surface area contributed by atoms with E-state index in [0.29, 0.717) is 18.1 Å². The monoisotopic (exact) mass is 325 g/mol. The standard InChI is InChI=1S/C15H21ClFN5/c1-3-4-5-8-21(2)11-15-18-19-20-22(15)10-12-6-7-13(17)9-14(12)16/h6-7,9H,3-5,8,10-11H2,1-2H3. The van der Waals surface area contributed by atoms with Gasteiger partial charge in [-0.3, -0.25) is 4.90 Å². The van der Waals surface area contributed by atoms with E-state index in [1.807, 2.05) is 0 Å². The first-order valence-electron chi connectivity index (χ1n) is 7.47. The average molecular weight is 326 g/mol. The Hall–Kier alpha value is -1.53. The van der Waals surface area contributed by atoms with Gasteiger partial charge in [-0.15, -0.1) is 5.10 Å². The molecule has 0 radical (unpaired) electrons. The lowest BCUT2D eigenvalue weighted by atomic mass is 10.2. The molecule has 0 atom stereocenters. The number of benzene rings is 1. The first kappa shape index (κ1) is 16.8. The van der Waals surface area contributed by atoms with Crippen LogP contribution < -0.4 is 0 Å². The molecular weight excluding hydrogens is 305 g/mol. The van der Waals surface area contributed by atoms with Crippen LogP contribution in [-0.4, -0.2) is 38.7 Å². The summed E-state index contributed by atoms with van der Waals surface area (Å²) < 4.78 is 14.8. The highest BCUT2D eigenvalue weighted by Gasteiger charge is 2.11. The lowest BCUT2D eigenvalue weighted by molar-refractivity contribution is 0.304. The summed E-state index contributed by atoms with van der Waals surface area (Å²) >= 11 is 6.06. The normalized spacial score (nSPS) is 11.3. The molecule has 0 spiro atoms. The molecule has 0 saturated carbocycles. The Morgan fingerprint density at radius 3 is 2.86 bits per heavy atom. The molecule has 5 nitrogen and oxygen atoms in total. The van der Waals surface area contributed by atoms with Crippen LogP contribution in [0.4, 0.5) is 4.39 Å². The van der Waals surface area contributed by atoms with E-state index in [1.54, 1.807) is 10.7 Å². The maximum atomic E-state index is 13.1. The summed E-state index contributed by atoms with van der Waals surface area (Å²) in [5.74, 6) is 0.431. The van der Waals surface area contributed by atoms with Crippen LogP contribution in [0.2, 0.25) is 5.02 Å². The summed E-state index contributed by atoms with van der Waals surface area (Å²) in [6.07, 6.45) is 3.59. The lowest BCUT2D eigenvalue weighted by Crippen LogP contribution is -2.22. The molecule has 0 fully saturated rings. The van der Waals surface area contributed by atoms with Crippen molar-refractivity contribution in [3.05, 3.63) is 40.4 Å². The predicted octanol–water partition coefficient (Wildman–Crippen LogP) is 3.14. The van der Waals surface area contributed by atoms with Gasteiger partial charge in [0.25, 0.3) is 0 Å². The first-order chi connectivity index (χ1) is 10.6. The molecule has 0 aliphatic rings. The molecule has 22 heavy (non-hydrogen) atoms. The number of hydrogen-bond acceptors (Lipinski definition) is 4. The molecule has 0 amide bonds. The van der Waals surface area contributed by atoms with Crippen molar-refractivity contribution in [1.82, 2.24) is 25.1 Å². The van der Waals surface area contributed by atoms with E-state index in [-0.39, 0.29) is 5.82 Å². The minimum absolute atomic E-state index is 0.346. The van der Waals surface area contributed by atoms with Gasteiger partial charge in [-0.25, -0.2) is 9.07 Å². The number of unbranched alkanes of at least 4 members (excludes halogenated alkanes) is 2. The molecule has 0 unspecified atom stereocenters. The quantitative estimate of drug-likeness (QED) is 0.700. The van der Waals surface area contributed by atoms with Gasteiger partial charge in [0.2, 0.25) is 0 Å². The fourth-order valence-electron chi connectivity index (χ4n) is 2.22. The predicted molar refractivity (Wildman–Crippen MR) is 84.2 cm³/mol. The maximum Gasteiger partial charge on any atom is 0.165 e. The zero-order valence-electron chi connectivity index (χ0n) is 13.0. The molecule has 0 N–H and O–H groups in total. The van der Waals surface area contributed by atoms with Gasteiger partial charge >= 0.3 is 0 Å². The van der Waals surface area contributed by atoms with Gasteiger partial charge in [0, 0.05) is 5.02 Å². The summed E-state index contributed by atoms with van der Waals surface area (Å²) in [5, 5.41) is 12.2. The van der Waals surface area contributed by atoms with Crippen molar-refractivity contribution in [2.75, 3.05) is 13.6 Å². The van der Waals surface area contributed by atoms with Crippen molar-refractivity contribution in [1.29, 1.82) is 0 Å². The van der Waals surface area contributed by atoms with Crippen LogP contribution in [0.3, 0.4) is 0 Å². The second kappa shape index (κ2) is 8.19. The Morgan fingerprint density at radius 2 is 2.14 bits per heavy atom. The van der Waals surface area contributed by atoms with E-state index in [4.69, 9.17) is 11.6 Å². The van der Waals surface area contributed by atoms with Crippen molar-refractivity contribution in [3.8, 4) is 0 Å². The van der Waals surface area contributed by atoms with Crippen molar-refractivity contribution < 1.29 is 4.39 Å². The number of aromatic nitrogens is 4. The highest BCUT2D eigenvalue weighted by molar-refractivity contribution is 6.31. The van der Waals surface area contributed by atoms with Gasteiger partial charge in [-0.2, -0.15) is 0 Å². The third-order valence-electron chi connectivity index (χ3n) is 3.50. The van der Waals surface area contributed by atoms with Crippen LogP contribution in [0, 0.1) is 5.82 Å². The summed E-state index contributed by atoms with van der Waals surface area (Å²) in [5.41, 5.74) is 0.797. The SMILES string of the molecule is CCCCCN(C)Cc1nnnn1Cc1ccc(F)cc1Cl. The third-order valence-corrected chi connectivity index (χ3v) is 3.85. The zero-order valence-corrected chi connectivity index (χ0v) is 13.7. The highest BCUT2D eigenvalue weighted by atomic mass is 35.5. The van der Waals surface area contributed by atoms with E-state index in [9.17, 15) is 4.39 Å². The van der Waals surface area contributed by atoms with E-state index in [1.165, 1.54) is 31.4 Å². The molecule has 2 rings (SSSR count). The van der Waals surface area contributed by atoms with Crippen LogP contribution >= 0.6 is 11.6 Å². The van der Waals surface area contributed by atoms with Gasteiger partial charge in [-0.1, -0.05) is 37.4 Å². The lowest BCUT2D eigenvalue weighted by Gasteiger charge is -2.15. The van der Waals surface area contributed by atoms with Gasteiger partial charge in [0.05, 0.1) is 13.1 Å². The van der Waals surface area contributed by atoms with Gasteiger partial charge in [0.15, 0.2) is 5.82 Å². The summed E-state index contributed by atoms with van der Waals surface area (Å²) in [6, 6.07) is 4.36. The summed E-state index contributed by atoms with van der Waals surface area (Å²) in [7, 11) is 2.06. The number of nitrogens with zero attached hydrogens (tertiary/aromatic N) is 5. The van der Waals surface area contributed by atoms with E-state index in [0.717, 1.165) is 17.9 Å². The van der Waals surface area contributed by atoms with Crippen LogP contribution in [0.15, 0.2) is 18.2 Å². The van der Waals surface area contributed by atoms with Crippen LogP contribution in [-0.2, 0) is 13.1 Å². The molecule has 7 heteroatoms. The van der Waals surface area contributed by atoms with Gasteiger partial charge in [-0.05, 0) is 48.1 Å². The van der Waals surface area contributed by atoms with Crippen molar-refractivity contribution >= 4 is 11.6 Å². The zero-order chi connectivity index (χ0) is 15.9. The molecule has 0 aliphatic carbocycles. The Labute approximate surface area is 135 Å². The minimum Gasteiger partial charge on any atom is -0.299 e. The van der Waals surface area contributed by atoms with E-state index >= 15 is 0 Å². The smallest absolute Gasteiger partial charge is 0.165 e. The Bertz CT molecular complexity index is 601. The number of rotatable bonds is 8. The topological polar surface area (TPSA) is 46.8 Å². The molecule has 120 valence electrons. The Kier molecular flexibility index (Phi) is 6.27. The molecule has 1 heterocycles. The maximum absolute atomic E-state index is 13.1. The molecule has 0 bridgehead atoms. The fourth-order valence-corrected chi connectivity index (χ4v) is 2.45. The summed E-state index contributed by atoms with van der Waals surface area (Å²) in [4.78, 5) is 2.20. The first-order valence-corrected chi connectivity index (χ1v) is 7.85. The molecular formula is C15H21ClFN5. The third kappa shape index (κ3) is 4.74. The van der Waals surface area contributed by atoms with E-state index in [2.05, 4.69) is 34.4 Å². The van der Waals surface area contributed by atoms with Crippen molar-refractivity contribution in [2.45, 2.75) is 39.3 Å². The van der Waals surface area contributed by atoms with Crippen LogP contribution in [0.5, 0.6) is 0 Å². The summed E-state index contributed by atoms with van der Waals surface area (Å²) in [6.45, 7) is 4.31. The number of halogens is 2.